The molecule has 1 heterocycles. The van der Waals surface area contributed by atoms with Crippen molar-refractivity contribution in [1.82, 2.24) is 5.32 Å². The first kappa shape index (κ1) is 13.6. The molecule has 1 rings (SSSR count). The highest BCUT2D eigenvalue weighted by atomic mass is 16.6. The van der Waals surface area contributed by atoms with Gasteiger partial charge in [0.2, 0.25) is 0 Å². The molecule has 0 radical (unpaired) electrons. The maximum atomic E-state index is 11.6. The number of carboxylic acid groups (broad SMARTS) is 1. The Morgan fingerprint density at radius 2 is 1.88 bits per heavy atom. The number of Topliss-reactive ketones (excluding diaryl/α,β-unsaturated/α-hetero) is 1. The van der Waals surface area contributed by atoms with Crippen molar-refractivity contribution in [3.63, 3.8) is 0 Å². The topological polar surface area (TPSA) is 96.0 Å². The number of carboxylic acids is 1. The number of aliphatic carboxylic acids is 1. The molecule has 6 heteroatoms. The van der Waals surface area contributed by atoms with Gasteiger partial charge in [0.25, 0.3) is 5.91 Å². The summed E-state index contributed by atoms with van der Waals surface area (Å²) in [4.78, 5) is 33.4. The maximum Gasteiger partial charge on any atom is 0.336 e. The summed E-state index contributed by atoms with van der Waals surface area (Å²) in [6, 6.07) is -0.568. The molecular formula is C11H17NO5. The molecule has 3 atom stereocenters. The zero-order chi connectivity index (χ0) is 13.2. The number of rotatable bonds is 6. The molecule has 1 aliphatic heterocycles. The SMILES string of the molecule is CC(=O)[C@H](CC(C)C)NC(=O)[C@@H]1O[C@H]1C(=O)O. The fourth-order valence-electron chi connectivity index (χ4n) is 1.55. The average Bonchev–Trinajstić information content (AvgIpc) is 2.94. The van der Waals surface area contributed by atoms with E-state index in [0.717, 1.165) is 0 Å². The molecular weight excluding hydrogens is 226 g/mol. The van der Waals surface area contributed by atoms with Gasteiger partial charge in [0.15, 0.2) is 18.0 Å². The van der Waals surface area contributed by atoms with Gasteiger partial charge in [-0.3, -0.25) is 9.59 Å². The number of ether oxygens (including phenoxy) is 1. The first-order valence-electron chi connectivity index (χ1n) is 5.52. The van der Waals surface area contributed by atoms with Gasteiger partial charge in [-0.1, -0.05) is 13.8 Å². The van der Waals surface area contributed by atoms with Crippen LogP contribution in [0.5, 0.6) is 0 Å². The third-order valence-corrected chi connectivity index (χ3v) is 2.51. The molecule has 2 N–H and O–H groups in total. The van der Waals surface area contributed by atoms with Crippen molar-refractivity contribution in [2.75, 3.05) is 0 Å². The molecule has 1 amide bonds. The number of amides is 1. The van der Waals surface area contributed by atoms with E-state index in [-0.39, 0.29) is 11.7 Å². The monoisotopic (exact) mass is 243 g/mol. The van der Waals surface area contributed by atoms with E-state index in [9.17, 15) is 14.4 Å². The standard InChI is InChI=1S/C11H17NO5/c1-5(2)4-7(6(3)13)12-10(14)8-9(17-8)11(15)16/h5,7-9H,4H2,1-3H3,(H,12,14)(H,15,16)/t7-,8+,9+/m0/s1. The van der Waals surface area contributed by atoms with Crippen LogP contribution in [0.3, 0.4) is 0 Å². The number of nitrogens with one attached hydrogen (secondary N) is 1. The highest BCUT2D eigenvalue weighted by Crippen LogP contribution is 2.22. The Morgan fingerprint density at radius 1 is 1.29 bits per heavy atom. The quantitative estimate of drug-likeness (QED) is 0.638. The predicted molar refractivity (Wildman–Crippen MR) is 58.4 cm³/mol. The van der Waals surface area contributed by atoms with Crippen LogP contribution in [-0.4, -0.2) is 41.0 Å². The predicted octanol–water partition coefficient (Wildman–Crippen LogP) is -0.0417. The van der Waals surface area contributed by atoms with Crippen molar-refractivity contribution in [2.24, 2.45) is 5.92 Å². The molecule has 96 valence electrons. The first-order valence-corrected chi connectivity index (χ1v) is 5.52. The van der Waals surface area contributed by atoms with Crippen LogP contribution in [0.2, 0.25) is 0 Å². The number of carbonyl (C=O) groups excluding carboxylic acids is 2. The summed E-state index contributed by atoms with van der Waals surface area (Å²) in [6.45, 7) is 5.28. The molecule has 6 nitrogen and oxygen atoms in total. The number of carbonyl (C=O) groups is 3. The van der Waals surface area contributed by atoms with Crippen LogP contribution >= 0.6 is 0 Å². The Kier molecular flexibility index (Phi) is 4.22. The molecule has 0 aromatic carbocycles. The summed E-state index contributed by atoms with van der Waals surface area (Å²) in [5, 5.41) is 11.1. The third kappa shape index (κ3) is 3.81. The zero-order valence-corrected chi connectivity index (χ0v) is 10.1. The average molecular weight is 243 g/mol. The summed E-state index contributed by atoms with van der Waals surface area (Å²) < 4.78 is 4.70. The van der Waals surface area contributed by atoms with E-state index >= 15 is 0 Å². The fourth-order valence-corrected chi connectivity index (χ4v) is 1.55. The lowest BCUT2D eigenvalue weighted by Gasteiger charge is -2.17. The Hall–Kier alpha value is -1.43. The summed E-state index contributed by atoms with van der Waals surface area (Å²) >= 11 is 0. The summed E-state index contributed by atoms with van der Waals surface area (Å²) in [5.41, 5.74) is 0. The van der Waals surface area contributed by atoms with E-state index in [4.69, 9.17) is 9.84 Å². The first-order chi connectivity index (χ1) is 7.82. The molecule has 0 aliphatic carbocycles. The van der Waals surface area contributed by atoms with E-state index < -0.39 is 30.1 Å². The van der Waals surface area contributed by atoms with Crippen molar-refractivity contribution in [3.8, 4) is 0 Å². The van der Waals surface area contributed by atoms with Gasteiger partial charge in [0.05, 0.1) is 6.04 Å². The summed E-state index contributed by atoms with van der Waals surface area (Å²) in [7, 11) is 0. The van der Waals surface area contributed by atoms with Gasteiger partial charge in [0, 0.05) is 0 Å². The highest BCUT2D eigenvalue weighted by molar-refractivity contribution is 5.95. The molecule has 0 aromatic heterocycles. The van der Waals surface area contributed by atoms with E-state index in [1.165, 1.54) is 6.92 Å². The Bertz CT molecular complexity index is 339. The van der Waals surface area contributed by atoms with Crippen LogP contribution in [-0.2, 0) is 19.1 Å². The van der Waals surface area contributed by atoms with E-state index in [1.54, 1.807) is 0 Å². The minimum atomic E-state index is -1.16. The van der Waals surface area contributed by atoms with Crippen LogP contribution in [0.25, 0.3) is 0 Å². The second kappa shape index (κ2) is 5.27. The van der Waals surface area contributed by atoms with Crippen molar-refractivity contribution in [3.05, 3.63) is 0 Å². The number of hydrogen-bond donors (Lipinski definition) is 2. The third-order valence-electron chi connectivity index (χ3n) is 2.51. The van der Waals surface area contributed by atoms with Gasteiger partial charge >= 0.3 is 5.97 Å². The molecule has 0 aromatic rings. The zero-order valence-electron chi connectivity index (χ0n) is 10.1. The molecule has 0 spiro atoms. The van der Waals surface area contributed by atoms with Crippen LogP contribution in [0.1, 0.15) is 27.2 Å². The molecule has 1 saturated heterocycles. The molecule has 0 unspecified atom stereocenters. The van der Waals surface area contributed by atoms with E-state index in [0.29, 0.717) is 6.42 Å². The molecule has 0 saturated carbocycles. The van der Waals surface area contributed by atoms with E-state index in [2.05, 4.69) is 5.32 Å². The highest BCUT2D eigenvalue weighted by Gasteiger charge is 2.51. The summed E-state index contributed by atoms with van der Waals surface area (Å²) in [6.07, 6.45) is -1.49. The second-order valence-electron chi connectivity index (χ2n) is 4.62. The molecule has 1 aliphatic rings. The molecule has 17 heavy (non-hydrogen) atoms. The van der Waals surface area contributed by atoms with Gasteiger partial charge in [-0.25, -0.2) is 4.79 Å². The van der Waals surface area contributed by atoms with E-state index in [1.807, 2.05) is 13.8 Å². The second-order valence-corrected chi connectivity index (χ2v) is 4.62. The van der Waals surface area contributed by atoms with Crippen LogP contribution in [0, 0.1) is 5.92 Å². The smallest absolute Gasteiger partial charge is 0.336 e. The lowest BCUT2D eigenvalue weighted by molar-refractivity contribution is -0.138. The van der Waals surface area contributed by atoms with Crippen LogP contribution < -0.4 is 5.32 Å². The minimum absolute atomic E-state index is 0.139. The molecule has 0 bridgehead atoms. The largest absolute Gasteiger partial charge is 0.479 e. The normalized spacial score (nSPS) is 24.2. The summed E-state index contributed by atoms with van der Waals surface area (Å²) in [5.74, 6) is -1.56. The minimum Gasteiger partial charge on any atom is -0.479 e. The van der Waals surface area contributed by atoms with Crippen LogP contribution in [0.15, 0.2) is 0 Å². The van der Waals surface area contributed by atoms with Gasteiger partial charge in [-0.15, -0.1) is 0 Å². The Balaban J connectivity index is 2.48. The lowest BCUT2D eigenvalue weighted by Crippen LogP contribution is -2.43. The number of hydrogen-bond acceptors (Lipinski definition) is 4. The van der Waals surface area contributed by atoms with Gasteiger partial charge in [-0.2, -0.15) is 0 Å². The van der Waals surface area contributed by atoms with Gasteiger partial charge in [0.1, 0.15) is 0 Å². The van der Waals surface area contributed by atoms with Crippen LogP contribution in [0.4, 0.5) is 0 Å². The Labute approximate surface area is 99.3 Å². The van der Waals surface area contributed by atoms with Crippen molar-refractivity contribution < 1.29 is 24.2 Å². The van der Waals surface area contributed by atoms with Crippen molar-refractivity contribution >= 4 is 17.7 Å². The van der Waals surface area contributed by atoms with Gasteiger partial charge in [-0.05, 0) is 19.3 Å². The maximum absolute atomic E-state index is 11.6. The van der Waals surface area contributed by atoms with Gasteiger partial charge < -0.3 is 15.2 Å². The number of epoxide rings is 1. The lowest BCUT2D eigenvalue weighted by atomic mass is 10.0. The number of ketones is 1. The molecule has 1 fully saturated rings. The van der Waals surface area contributed by atoms with Crippen molar-refractivity contribution in [1.29, 1.82) is 0 Å². The van der Waals surface area contributed by atoms with Crippen molar-refractivity contribution in [2.45, 2.75) is 45.4 Å². The fraction of sp³-hybridized carbons (Fsp3) is 0.727. The Morgan fingerprint density at radius 3 is 2.24 bits per heavy atom.